The van der Waals surface area contributed by atoms with E-state index >= 15 is 0 Å². The summed E-state index contributed by atoms with van der Waals surface area (Å²) in [4.78, 5) is 56.4. The lowest BCUT2D eigenvalue weighted by Crippen LogP contribution is -2.44. The highest BCUT2D eigenvalue weighted by Crippen LogP contribution is 2.53. The van der Waals surface area contributed by atoms with Crippen LogP contribution in [0.5, 0.6) is 0 Å². The minimum absolute atomic E-state index is 0.104. The van der Waals surface area contributed by atoms with Gasteiger partial charge in [0.1, 0.15) is 6.04 Å². The Labute approximate surface area is 212 Å². The summed E-state index contributed by atoms with van der Waals surface area (Å²) in [7, 11) is 0. The van der Waals surface area contributed by atoms with Crippen LogP contribution in [0.25, 0.3) is 6.08 Å². The number of anilines is 1. The first-order valence-electron chi connectivity index (χ1n) is 11.7. The third-order valence-electron chi connectivity index (χ3n) is 7.39. The Kier molecular flexibility index (Phi) is 5.16. The van der Waals surface area contributed by atoms with Crippen molar-refractivity contribution in [2.24, 2.45) is 11.8 Å². The molecule has 3 heterocycles. The SMILES string of the molecule is CC(=O)c1ccc(N2C(=O)C3C(C2=O)C2c4ccccc4C=CN2C3C(=O)c2ccc(Cl)cc2)cc1. The summed E-state index contributed by atoms with van der Waals surface area (Å²) in [5.74, 6) is -2.66. The van der Waals surface area contributed by atoms with Gasteiger partial charge in [-0.2, -0.15) is 0 Å². The van der Waals surface area contributed by atoms with E-state index in [0.29, 0.717) is 21.8 Å². The highest BCUT2D eigenvalue weighted by atomic mass is 35.5. The van der Waals surface area contributed by atoms with Crippen LogP contribution < -0.4 is 4.90 Å². The van der Waals surface area contributed by atoms with E-state index in [2.05, 4.69) is 0 Å². The van der Waals surface area contributed by atoms with Crippen molar-refractivity contribution in [1.82, 2.24) is 4.90 Å². The van der Waals surface area contributed by atoms with Gasteiger partial charge in [-0.25, -0.2) is 4.90 Å². The Morgan fingerprint density at radius 2 is 1.44 bits per heavy atom. The Hall–Kier alpha value is -4.03. The molecule has 0 spiro atoms. The molecule has 2 amide bonds. The third kappa shape index (κ3) is 3.25. The average Bonchev–Trinajstić information content (AvgIpc) is 3.36. The van der Waals surface area contributed by atoms with Gasteiger partial charge in [0.25, 0.3) is 0 Å². The summed E-state index contributed by atoms with van der Waals surface area (Å²) in [6.07, 6.45) is 3.75. The highest BCUT2D eigenvalue weighted by molar-refractivity contribution is 6.30. The molecule has 0 aromatic heterocycles. The van der Waals surface area contributed by atoms with Gasteiger partial charge in [0, 0.05) is 22.3 Å². The molecule has 6 rings (SSSR count). The number of ketones is 2. The van der Waals surface area contributed by atoms with Gasteiger partial charge in [0.05, 0.1) is 23.6 Å². The molecule has 2 fully saturated rings. The van der Waals surface area contributed by atoms with Gasteiger partial charge in [0.2, 0.25) is 11.8 Å². The van der Waals surface area contributed by atoms with Gasteiger partial charge in [-0.15, -0.1) is 0 Å². The van der Waals surface area contributed by atoms with E-state index in [1.807, 2.05) is 41.4 Å². The fourth-order valence-electron chi connectivity index (χ4n) is 5.74. The lowest BCUT2D eigenvalue weighted by atomic mass is 9.83. The Bertz CT molecular complexity index is 1460. The standard InChI is InChI=1S/C29H21ClN2O4/c1-16(33)17-8-12-21(13-9-17)32-28(35)23-24(29(32)36)26(27(34)19-6-10-20(30)11-7-19)31-15-14-18-4-2-3-5-22(18)25(23)31/h2-15,23-26H,1H3. The Morgan fingerprint density at radius 3 is 2.14 bits per heavy atom. The zero-order valence-electron chi connectivity index (χ0n) is 19.3. The number of carbonyl (C=O) groups is 4. The number of rotatable bonds is 4. The topological polar surface area (TPSA) is 74.8 Å². The maximum Gasteiger partial charge on any atom is 0.240 e. The van der Waals surface area contributed by atoms with E-state index in [0.717, 1.165) is 11.1 Å². The van der Waals surface area contributed by atoms with Crippen LogP contribution in [0.3, 0.4) is 0 Å². The lowest BCUT2D eigenvalue weighted by molar-refractivity contribution is -0.123. The van der Waals surface area contributed by atoms with Gasteiger partial charge in [-0.05, 0) is 72.7 Å². The van der Waals surface area contributed by atoms with Crippen molar-refractivity contribution < 1.29 is 19.2 Å². The van der Waals surface area contributed by atoms with Crippen LogP contribution in [0.4, 0.5) is 5.69 Å². The van der Waals surface area contributed by atoms with Crippen molar-refractivity contribution >= 4 is 46.7 Å². The number of imide groups is 1. The van der Waals surface area contributed by atoms with Crippen LogP contribution in [-0.2, 0) is 9.59 Å². The van der Waals surface area contributed by atoms with Crippen molar-refractivity contribution in [3.63, 3.8) is 0 Å². The molecule has 3 aromatic carbocycles. The number of hydrogen-bond acceptors (Lipinski definition) is 5. The summed E-state index contributed by atoms with van der Waals surface area (Å²) in [5, 5.41) is 0.507. The second-order valence-electron chi connectivity index (χ2n) is 9.32. The monoisotopic (exact) mass is 496 g/mol. The molecule has 0 bridgehead atoms. The first-order chi connectivity index (χ1) is 17.4. The number of Topliss-reactive ketones (excluding diaryl/α,β-unsaturated/α-hetero) is 2. The van der Waals surface area contributed by atoms with Crippen molar-refractivity contribution in [3.05, 3.63) is 106 Å². The molecular formula is C29H21ClN2O4. The maximum atomic E-state index is 13.9. The minimum atomic E-state index is -0.853. The van der Waals surface area contributed by atoms with E-state index in [4.69, 9.17) is 11.6 Å². The Balaban J connectivity index is 1.47. The van der Waals surface area contributed by atoms with Crippen molar-refractivity contribution in [1.29, 1.82) is 0 Å². The molecule has 7 heteroatoms. The quantitative estimate of drug-likeness (QED) is 0.378. The fourth-order valence-corrected chi connectivity index (χ4v) is 5.87. The van der Waals surface area contributed by atoms with Gasteiger partial charge in [-0.3, -0.25) is 19.2 Å². The zero-order valence-corrected chi connectivity index (χ0v) is 20.1. The number of carbonyl (C=O) groups excluding carboxylic acids is 4. The lowest BCUT2D eigenvalue weighted by Gasteiger charge is -2.35. The number of fused-ring (bicyclic) bond motifs is 5. The average molecular weight is 497 g/mol. The number of hydrogen-bond donors (Lipinski definition) is 0. The van der Waals surface area contributed by atoms with Crippen molar-refractivity contribution in [2.75, 3.05) is 4.90 Å². The molecule has 3 aliphatic heterocycles. The molecule has 3 aromatic rings. The highest BCUT2D eigenvalue weighted by Gasteiger charge is 2.64. The molecule has 3 aliphatic rings. The Morgan fingerprint density at radius 1 is 0.806 bits per heavy atom. The van der Waals surface area contributed by atoms with Gasteiger partial charge in [-0.1, -0.05) is 35.9 Å². The number of benzene rings is 3. The normalized spacial score (nSPS) is 23.9. The smallest absolute Gasteiger partial charge is 0.240 e. The van der Waals surface area contributed by atoms with Crippen molar-refractivity contribution in [3.8, 4) is 0 Å². The molecule has 36 heavy (non-hydrogen) atoms. The van der Waals surface area contributed by atoms with E-state index in [1.54, 1.807) is 48.5 Å². The minimum Gasteiger partial charge on any atom is -0.358 e. The van der Waals surface area contributed by atoms with Crippen LogP contribution in [-0.4, -0.2) is 34.3 Å². The predicted molar refractivity (Wildman–Crippen MR) is 136 cm³/mol. The number of amides is 2. The van der Waals surface area contributed by atoms with E-state index in [-0.39, 0.29) is 17.5 Å². The van der Waals surface area contributed by atoms with E-state index in [1.165, 1.54) is 11.8 Å². The van der Waals surface area contributed by atoms with Gasteiger partial charge in [0.15, 0.2) is 11.6 Å². The van der Waals surface area contributed by atoms with Crippen LogP contribution >= 0.6 is 11.6 Å². The van der Waals surface area contributed by atoms with Crippen molar-refractivity contribution in [2.45, 2.75) is 19.0 Å². The second-order valence-corrected chi connectivity index (χ2v) is 9.76. The van der Waals surface area contributed by atoms with Gasteiger partial charge >= 0.3 is 0 Å². The molecule has 0 saturated carbocycles. The number of nitrogens with zero attached hydrogens (tertiary/aromatic N) is 2. The van der Waals surface area contributed by atoms with E-state index < -0.39 is 29.8 Å². The molecule has 178 valence electrons. The zero-order chi connectivity index (χ0) is 25.1. The van der Waals surface area contributed by atoms with Gasteiger partial charge < -0.3 is 4.90 Å². The largest absolute Gasteiger partial charge is 0.358 e. The van der Waals surface area contributed by atoms with Crippen LogP contribution in [0.1, 0.15) is 44.8 Å². The summed E-state index contributed by atoms with van der Waals surface area (Å²) in [6.45, 7) is 1.46. The second kappa shape index (κ2) is 8.28. The summed E-state index contributed by atoms with van der Waals surface area (Å²) < 4.78 is 0. The fraction of sp³-hybridized carbons (Fsp3) is 0.172. The van der Waals surface area contributed by atoms with Crippen LogP contribution in [0, 0.1) is 11.8 Å². The molecule has 4 unspecified atom stereocenters. The summed E-state index contributed by atoms with van der Waals surface area (Å²) >= 11 is 6.03. The molecule has 0 radical (unpaired) electrons. The molecule has 6 nitrogen and oxygen atoms in total. The first-order valence-corrected chi connectivity index (χ1v) is 12.1. The first kappa shape index (κ1) is 22.4. The number of halogens is 1. The molecule has 0 N–H and O–H groups in total. The van der Waals surface area contributed by atoms with Crippen LogP contribution in [0.15, 0.2) is 79.0 Å². The third-order valence-corrected chi connectivity index (χ3v) is 7.64. The molecule has 0 aliphatic carbocycles. The predicted octanol–water partition coefficient (Wildman–Crippen LogP) is 4.94. The van der Waals surface area contributed by atoms with E-state index in [9.17, 15) is 19.2 Å². The summed E-state index contributed by atoms with van der Waals surface area (Å²) in [6, 6.07) is 19.5. The summed E-state index contributed by atoms with van der Waals surface area (Å²) in [5.41, 5.74) is 3.19. The molecular weight excluding hydrogens is 476 g/mol. The van der Waals surface area contributed by atoms with Crippen LogP contribution in [0.2, 0.25) is 5.02 Å². The molecule has 2 saturated heterocycles. The molecule has 4 atom stereocenters. The maximum absolute atomic E-state index is 13.9.